The van der Waals surface area contributed by atoms with E-state index in [4.69, 9.17) is 0 Å². The summed E-state index contributed by atoms with van der Waals surface area (Å²) in [7, 11) is 0. The second-order valence-corrected chi connectivity index (χ2v) is 13.6. The fourth-order valence-electron chi connectivity index (χ4n) is 8.07. The van der Waals surface area contributed by atoms with Gasteiger partial charge in [0.15, 0.2) is 0 Å². The number of hydrogen-bond acceptors (Lipinski definition) is 2. The van der Waals surface area contributed by atoms with Gasteiger partial charge in [0, 0.05) is 28.4 Å². The van der Waals surface area contributed by atoms with E-state index in [1.807, 2.05) is 0 Å². The van der Waals surface area contributed by atoms with Crippen LogP contribution in [-0.4, -0.2) is 6.04 Å². The lowest BCUT2D eigenvalue weighted by molar-refractivity contribution is 0.785. The van der Waals surface area contributed by atoms with Crippen molar-refractivity contribution in [3.05, 3.63) is 205 Å². The van der Waals surface area contributed by atoms with E-state index in [0.717, 1.165) is 36.3 Å². The van der Waals surface area contributed by atoms with E-state index in [9.17, 15) is 0 Å². The van der Waals surface area contributed by atoms with E-state index < -0.39 is 0 Å². The van der Waals surface area contributed by atoms with Crippen molar-refractivity contribution in [1.29, 1.82) is 0 Å². The average Bonchev–Trinajstić information content (AvgIpc) is 3.22. The van der Waals surface area contributed by atoms with E-state index in [-0.39, 0.29) is 6.04 Å². The van der Waals surface area contributed by atoms with Crippen LogP contribution < -0.4 is 9.80 Å². The lowest BCUT2D eigenvalue weighted by atomic mass is 9.80. The van der Waals surface area contributed by atoms with Crippen LogP contribution >= 0.6 is 0 Å². The molecule has 2 nitrogen and oxygen atoms in total. The molecule has 0 radical (unpaired) electrons. The van der Waals surface area contributed by atoms with Crippen LogP contribution in [0.3, 0.4) is 0 Å². The van der Waals surface area contributed by atoms with Gasteiger partial charge in [-0.25, -0.2) is 0 Å². The van der Waals surface area contributed by atoms with E-state index in [2.05, 4.69) is 210 Å². The molecule has 1 atom stereocenters. The summed E-state index contributed by atoms with van der Waals surface area (Å²) in [4.78, 5) is 4.79. The first-order valence-corrected chi connectivity index (χ1v) is 18.4. The highest BCUT2D eigenvalue weighted by Gasteiger charge is 2.23. The molecule has 7 aromatic rings. The Hall–Kier alpha value is -6.38. The van der Waals surface area contributed by atoms with Crippen molar-refractivity contribution >= 4 is 45.3 Å². The summed E-state index contributed by atoms with van der Waals surface area (Å²) in [5.74, 6) is 0. The second kappa shape index (κ2) is 14.1. The number of hydrogen-bond donors (Lipinski definition) is 0. The maximum absolute atomic E-state index is 2.46. The maximum atomic E-state index is 2.46. The average molecular weight is 669 g/mol. The summed E-state index contributed by atoms with van der Waals surface area (Å²) in [6.07, 6.45) is 16.6. The molecule has 52 heavy (non-hydrogen) atoms. The second-order valence-electron chi connectivity index (χ2n) is 13.6. The molecule has 2 aliphatic rings. The quantitative estimate of drug-likeness (QED) is 0.159. The molecule has 2 aliphatic carbocycles. The molecule has 0 spiro atoms. The van der Waals surface area contributed by atoms with Gasteiger partial charge >= 0.3 is 0 Å². The monoisotopic (exact) mass is 668 g/mol. The van der Waals surface area contributed by atoms with Crippen molar-refractivity contribution in [3.63, 3.8) is 0 Å². The van der Waals surface area contributed by atoms with Gasteiger partial charge in [-0.05, 0) is 124 Å². The minimum Gasteiger partial charge on any atom is -0.334 e. The third-order valence-corrected chi connectivity index (χ3v) is 10.4. The highest BCUT2D eigenvalue weighted by Crippen LogP contribution is 2.46. The van der Waals surface area contributed by atoms with Crippen LogP contribution in [0, 0.1) is 0 Å². The lowest BCUT2D eigenvalue weighted by Crippen LogP contribution is -2.29. The van der Waals surface area contributed by atoms with Crippen molar-refractivity contribution in [3.8, 4) is 22.3 Å². The standard InChI is InChI=1S/C50H40N2/c1-5-17-39(18-6-1)51(40-19-7-2-8-20-40)43-33-29-37(30-34-43)49-45-25-13-15-27-47(45)50(48-28-16-14-26-46(48)49)38-31-35-44(36-32-38)52(41-21-9-3-10-22-41)42-23-11-4-12-24-42/h1-15,17-23,25-27,29-36,42H,16,24,28H2. The van der Waals surface area contributed by atoms with Gasteiger partial charge in [-0.15, -0.1) is 0 Å². The van der Waals surface area contributed by atoms with Gasteiger partial charge in [0.25, 0.3) is 0 Å². The number of allylic oxidation sites excluding steroid dienone is 3. The number of fused-ring (bicyclic) bond motifs is 2. The van der Waals surface area contributed by atoms with Crippen molar-refractivity contribution in [2.75, 3.05) is 9.80 Å². The molecule has 0 N–H and O–H groups in total. The van der Waals surface area contributed by atoms with Crippen LogP contribution in [-0.2, 0) is 6.42 Å². The van der Waals surface area contributed by atoms with Crippen LogP contribution in [0.1, 0.15) is 24.0 Å². The predicted octanol–water partition coefficient (Wildman–Crippen LogP) is 13.6. The summed E-state index contributed by atoms with van der Waals surface area (Å²) >= 11 is 0. The van der Waals surface area contributed by atoms with E-state index in [0.29, 0.717) is 0 Å². The maximum Gasteiger partial charge on any atom is 0.0559 e. The van der Waals surface area contributed by atoms with Gasteiger partial charge in [0.1, 0.15) is 0 Å². The minimum absolute atomic E-state index is 0.273. The molecule has 0 saturated heterocycles. The molecule has 1 unspecified atom stereocenters. The van der Waals surface area contributed by atoms with Gasteiger partial charge < -0.3 is 9.80 Å². The normalized spacial score (nSPS) is 14.7. The molecule has 0 fully saturated rings. The molecule has 7 aromatic carbocycles. The van der Waals surface area contributed by atoms with Gasteiger partial charge in [-0.2, -0.15) is 0 Å². The summed E-state index contributed by atoms with van der Waals surface area (Å²) in [5, 5.41) is 2.59. The van der Waals surface area contributed by atoms with Crippen LogP contribution in [0.25, 0.3) is 39.1 Å². The molecule has 0 bridgehead atoms. The highest BCUT2D eigenvalue weighted by molar-refractivity contribution is 6.10. The Labute approximate surface area is 306 Å². The zero-order chi connectivity index (χ0) is 34.7. The van der Waals surface area contributed by atoms with E-state index >= 15 is 0 Å². The Balaban J connectivity index is 1.14. The molecule has 9 rings (SSSR count). The Morgan fingerprint density at radius 3 is 1.54 bits per heavy atom. The summed E-state index contributed by atoms with van der Waals surface area (Å²) in [6, 6.07) is 59.7. The fraction of sp³-hybridized carbons (Fsp3) is 0.0800. The van der Waals surface area contributed by atoms with Gasteiger partial charge in [0.05, 0.1) is 6.04 Å². The highest BCUT2D eigenvalue weighted by atomic mass is 15.2. The van der Waals surface area contributed by atoms with Crippen LogP contribution in [0.5, 0.6) is 0 Å². The number of benzene rings is 7. The molecule has 0 aromatic heterocycles. The largest absolute Gasteiger partial charge is 0.334 e. The summed E-state index contributed by atoms with van der Waals surface area (Å²) in [5.41, 5.74) is 13.8. The molecule has 250 valence electrons. The van der Waals surface area contributed by atoms with Crippen molar-refractivity contribution < 1.29 is 0 Å². The Bertz CT molecular complexity index is 2370. The first-order chi connectivity index (χ1) is 25.8. The molecule has 0 amide bonds. The summed E-state index contributed by atoms with van der Waals surface area (Å²) in [6.45, 7) is 0. The first kappa shape index (κ1) is 31.6. The predicted molar refractivity (Wildman–Crippen MR) is 222 cm³/mol. The zero-order valence-corrected chi connectivity index (χ0v) is 29.1. The Kier molecular flexibility index (Phi) is 8.56. The van der Waals surface area contributed by atoms with E-state index in [1.165, 1.54) is 55.5 Å². The smallest absolute Gasteiger partial charge is 0.0559 e. The van der Waals surface area contributed by atoms with E-state index in [1.54, 1.807) is 0 Å². The number of rotatable bonds is 8. The molecule has 2 heteroatoms. The molecular formula is C50H40N2. The van der Waals surface area contributed by atoms with Crippen molar-refractivity contribution in [1.82, 2.24) is 0 Å². The minimum atomic E-state index is 0.273. The lowest BCUT2D eigenvalue weighted by Gasteiger charge is -2.32. The number of nitrogens with zero attached hydrogens (tertiary/aromatic N) is 2. The third-order valence-electron chi connectivity index (χ3n) is 10.4. The number of para-hydroxylation sites is 3. The van der Waals surface area contributed by atoms with Crippen LogP contribution in [0.2, 0.25) is 0 Å². The van der Waals surface area contributed by atoms with Gasteiger partial charge in [-0.1, -0.05) is 140 Å². The Morgan fingerprint density at radius 2 is 0.942 bits per heavy atom. The topological polar surface area (TPSA) is 6.48 Å². The Morgan fingerprint density at radius 1 is 0.442 bits per heavy atom. The molecule has 0 heterocycles. The van der Waals surface area contributed by atoms with Crippen molar-refractivity contribution in [2.45, 2.75) is 25.3 Å². The first-order valence-electron chi connectivity index (χ1n) is 18.4. The number of anilines is 5. The van der Waals surface area contributed by atoms with Crippen molar-refractivity contribution in [2.24, 2.45) is 0 Å². The summed E-state index contributed by atoms with van der Waals surface area (Å²) < 4.78 is 0. The SMILES string of the molecule is C1=CCC(N(c2ccccc2)c2ccc(-c3c4c(c(-c5ccc(N(c6ccccc6)c6ccccc6)cc5)c5ccccc35)C=CCC4)cc2)C=C1. The fourth-order valence-corrected chi connectivity index (χ4v) is 8.07. The molecule has 0 saturated carbocycles. The van der Waals surface area contributed by atoms with Gasteiger partial charge in [-0.3, -0.25) is 0 Å². The van der Waals surface area contributed by atoms with Gasteiger partial charge in [0.2, 0.25) is 0 Å². The van der Waals surface area contributed by atoms with Crippen LogP contribution in [0.15, 0.2) is 194 Å². The molecule has 0 aliphatic heterocycles. The van der Waals surface area contributed by atoms with Crippen LogP contribution in [0.4, 0.5) is 28.4 Å². The molecular weight excluding hydrogens is 629 g/mol. The zero-order valence-electron chi connectivity index (χ0n) is 29.1. The third kappa shape index (κ3) is 5.93.